The summed E-state index contributed by atoms with van der Waals surface area (Å²) in [5.74, 6) is -0.267. The van der Waals surface area contributed by atoms with Crippen LogP contribution in [0, 0.1) is 10.1 Å². The summed E-state index contributed by atoms with van der Waals surface area (Å²) in [6.07, 6.45) is 0. The lowest BCUT2D eigenvalue weighted by molar-refractivity contribution is -0.385. The Morgan fingerprint density at radius 1 is 1.08 bits per heavy atom. The fourth-order valence-corrected chi connectivity index (χ4v) is 2.55. The van der Waals surface area contributed by atoms with Crippen LogP contribution in [0.3, 0.4) is 0 Å². The van der Waals surface area contributed by atoms with Gasteiger partial charge in [-0.15, -0.1) is 0 Å². The normalized spacial score (nSPS) is 10.4. The van der Waals surface area contributed by atoms with Gasteiger partial charge in [0.2, 0.25) is 0 Å². The number of nitro groups is 1. The Bertz CT molecular complexity index is 953. The zero-order valence-corrected chi connectivity index (χ0v) is 13.6. The Hall–Kier alpha value is -3.41. The number of nitrogens with zero attached hydrogens (tertiary/aromatic N) is 1. The largest absolute Gasteiger partial charge is 0.487 e. The first-order valence-corrected chi connectivity index (χ1v) is 7.80. The average molecular weight is 336 g/mol. The summed E-state index contributed by atoms with van der Waals surface area (Å²) >= 11 is 0. The molecule has 0 aliphatic carbocycles. The van der Waals surface area contributed by atoms with Crippen molar-refractivity contribution in [2.45, 2.75) is 6.92 Å². The van der Waals surface area contributed by atoms with E-state index in [1.54, 1.807) is 13.0 Å². The van der Waals surface area contributed by atoms with Gasteiger partial charge in [-0.2, -0.15) is 0 Å². The second-order valence-corrected chi connectivity index (χ2v) is 5.39. The fourth-order valence-electron chi connectivity index (χ4n) is 2.55. The number of nitro benzene ring substituents is 1. The summed E-state index contributed by atoms with van der Waals surface area (Å²) in [6.45, 7) is 2.05. The van der Waals surface area contributed by atoms with E-state index in [1.165, 1.54) is 18.2 Å². The van der Waals surface area contributed by atoms with Gasteiger partial charge in [0, 0.05) is 17.3 Å². The lowest BCUT2D eigenvalue weighted by atomic mass is 10.1. The molecule has 6 nitrogen and oxygen atoms in total. The van der Waals surface area contributed by atoms with Gasteiger partial charge < -0.3 is 10.1 Å². The quantitative estimate of drug-likeness (QED) is 0.553. The van der Waals surface area contributed by atoms with Crippen LogP contribution in [0.15, 0.2) is 60.7 Å². The number of rotatable bonds is 5. The SMILES string of the molecule is CCOc1ccc(C(=O)Nc2ccc3ccccc3c2)cc1[N+](=O)[O-]. The van der Waals surface area contributed by atoms with Crippen molar-refractivity contribution in [3.05, 3.63) is 76.3 Å². The van der Waals surface area contributed by atoms with Gasteiger partial charge in [0.1, 0.15) is 0 Å². The summed E-state index contributed by atoms with van der Waals surface area (Å²) in [4.78, 5) is 23.0. The molecule has 3 rings (SSSR count). The Kier molecular flexibility index (Phi) is 4.61. The molecule has 1 N–H and O–H groups in total. The van der Waals surface area contributed by atoms with Gasteiger partial charge in [-0.25, -0.2) is 0 Å². The zero-order chi connectivity index (χ0) is 17.8. The molecule has 25 heavy (non-hydrogen) atoms. The number of carbonyl (C=O) groups excluding carboxylic acids is 1. The van der Waals surface area contributed by atoms with Crippen molar-refractivity contribution in [2.75, 3.05) is 11.9 Å². The van der Waals surface area contributed by atoms with E-state index in [0.29, 0.717) is 12.3 Å². The first-order chi connectivity index (χ1) is 12.1. The third-order valence-corrected chi connectivity index (χ3v) is 3.72. The molecule has 0 aromatic heterocycles. The number of nitrogens with one attached hydrogen (secondary N) is 1. The van der Waals surface area contributed by atoms with Crippen LogP contribution in [0.5, 0.6) is 5.75 Å². The number of anilines is 1. The second-order valence-electron chi connectivity index (χ2n) is 5.39. The first-order valence-electron chi connectivity index (χ1n) is 7.80. The highest BCUT2D eigenvalue weighted by Crippen LogP contribution is 2.28. The topological polar surface area (TPSA) is 81.5 Å². The minimum Gasteiger partial charge on any atom is -0.487 e. The zero-order valence-electron chi connectivity index (χ0n) is 13.6. The van der Waals surface area contributed by atoms with E-state index in [1.807, 2.05) is 36.4 Å². The third kappa shape index (κ3) is 3.58. The van der Waals surface area contributed by atoms with Gasteiger partial charge in [0.25, 0.3) is 5.91 Å². The number of carbonyl (C=O) groups is 1. The van der Waals surface area contributed by atoms with Crippen molar-refractivity contribution in [2.24, 2.45) is 0 Å². The van der Waals surface area contributed by atoms with Crippen molar-refractivity contribution in [3.63, 3.8) is 0 Å². The van der Waals surface area contributed by atoms with Gasteiger partial charge in [-0.05, 0) is 42.0 Å². The van der Waals surface area contributed by atoms with E-state index in [2.05, 4.69) is 5.32 Å². The molecular weight excluding hydrogens is 320 g/mol. The summed E-state index contributed by atoms with van der Waals surface area (Å²) < 4.78 is 5.23. The molecule has 0 heterocycles. The number of amides is 1. The molecule has 3 aromatic rings. The van der Waals surface area contributed by atoms with E-state index in [9.17, 15) is 14.9 Å². The number of fused-ring (bicyclic) bond motifs is 1. The van der Waals surface area contributed by atoms with Crippen molar-refractivity contribution in [1.82, 2.24) is 0 Å². The first kappa shape index (κ1) is 16.4. The van der Waals surface area contributed by atoms with Crippen LogP contribution in [0.1, 0.15) is 17.3 Å². The summed E-state index contributed by atoms with van der Waals surface area (Å²) in [5, 5.41) is 16.0. The third-order valence-electron chi connectivity index (χ3n) is 3.72. The van der Waals surface area contributed by atoms with Gasteiger partial charge in [-0.3, -0.25) is 14.9 Å². The van der Waals surface area contributed by atoms with E-state index in [4.69, 9.17) is 4.74 Å². The molecule has 0 aliphatic rings. The van der Waals surface area contributed by atoms with E-state index in [-0.39, 0.29) is 17.0 Å². The molecule has 1 amide bonds. The van der Waals surface area contributed by atoms with Gasteiger partial charge in [-0.1, -0.05) is 30.3 Å². The number of hydrogen-bond donors (Lipinski definition) is 1. The lowest BCUT2D eigenvalue weighted by Crippen LogP contribution is -2.12. The minimum absolute atomic E-state index is 0.148. The maximum absolute atomic E-state index is 12.4. The van der Waals surface area contributed by atoms with E-state index >= 15 is 0 Å². The maximum Gasteiger partial charge on any atom is 0.311 e. The van der Waals surface area contributed by atoms with Crippen LogP contribution in [-0.2, 0) is 0 Å². The van der Waals surface area contributed by atoms with Crippen LogP contribution in [0.2, 0.25) is 0 Å². The molecule has 126 valence electrons. The van der Waals surface area contributed by atoms with Crippen LogP contribution >= 0.6 is 0 Å². The highest BCUT2D eigenvalue weighted by Gasteiger charge is 2.18. The molecule has 3 aromatic carbocycles. The Morgan fingerprint density at radius 3 is 2.56 bits per heavy atom. The smallest absolute Gasteiger partial charge is 0.311 e. The maximum atomic E-state index is 12.4. The molecule has 0 bridgehead atoms. The monoisotopic (exact) mass is 336 g/mol. The molecule has 0 aliphatic heterocycles. The lowest BCUT2D eigenvalue weighted by Gasteiger charge is -2.08. The molecule has 0 spiro atoms. The Morgan fingerprint density at radius 2 is 1.84 bits per heavy atom. The van der Waals surface area contributed by atoms with Gasteiger partial charge >= 0.3 is 5.69 Å². The summed E-state index contributed by atoms with van der Waals surface area (Å²) in [5.41, 5.74) is 0.594. The molecule has 0 saturated carbocycles. The number of hydrogen-bond acceptors (Lipinski definition) is 4. The molecule has 0 unspecified atom stereocenters. The highest BCUT2D eigenvalue weighted by atomic mass is 16.6. The molecule has 0 atom stereocenters. The standard InChI is InChI=1S/C19H16N2O4/c1-2-25-18-10-8-15(12-17(18)21(23)24)19(22)20-16-9-7-13-5-3-4-6-14(13)11-16/h3-12H,2H2,1H3,(H,20,22). The molecule has 0 fully saturated rings. The summed E-state index contributed by atoms with van der Waals surface area (Å²) in [7, 11) is 0. The van der Waals surface area contributed by atoms with Crippen molar-refractivity contribution < 1.29 is 14.5 Å². The van der Waals surface area contributed by atoms with Gasteiger partial charge in [0.05, 0.1) is 11.5 Å². The minimum atomic E-state index is -0.558. The highest BCUT2D eigenvalue weighted by molar-refractivity contribution is 6.05. The average Bonchev–Trinajstić information content (AvgIpc) is 2.62. The Labute approximate surface area is 144 Å². The molecular formula is C19H16N2O4. The fraction of sp³-hybridized carbons (Fsp3) is 0.105. The molecule has 6 heteroatoms. The van der Waals surface area contributed by atoms with Gasteiger partial charge in [0.15, 0.2) is 5.75 Å². The molecule has 0 saturated heterocycles. The number of ether oxygens (including phenoxy) is 1. The van der Waals surface area contributed by atoms with Crippen molar-refractivity contribution in [3.8, 4) is 5.75 Å². The van der Waals surface area contributed by atoms with E-state index in [0.717, 1.165) is 10.8 Å². The second kappa shape index (κ2) is 7.00. The van der Waals surface area contributed by atoms with Crippen LogP contribution < -0.4 is 10.1 Å². The van der Waals surface area contributed by atoms with Crippen LogP contribution in [-0.4, -0.2) is 17.4 Å². The predicted octanol–water partition coefficient (Wildman–Crippen LogP) is 4.40. The Balaban J connectivity index is 1.86. The van der Waals surface area contributed by atoms with Crippen LogP contribution in [0.25, 0.3) is 10.8 Å². The van der Waals surface area contributed by atoms with E-state index < -0.39 is 10.8 Å². The van der Waals surface area contributed by atoms with Crippen LogP contribution in [0.4, 0.5) is 11.4 Å². The van der Waals surface area contributed by atoms with Crippen molar-refractivity contribution in [1.29, 1.82) is 0 Å². The number of benzene rings is 3. The van der Waals surface area contributed by atoms with Crippen molar-refractivity contribution >= 4 is 28.1 Å². The summed E-state index contributed by atoms with van der Waals surface area (Å²) in [6, 6.07) is 17.5. The predicted molar refractivity (Wildman–Crippen MR) is 96.2 cm³/mol. The molecule has 0 radical (unpaired) electrons.